The molecule has 6 nitrogen and oxygen atoms in total. The molecule has 5 rings (SSSR count). The molecule has 1 saturated heterocycles. The number of hydrogen-bond acceptors (Lipinski definition) is 5. The van der Waals surface area contributed by atoms with Gasteiger partial charge in [-0.3, -0.25) is 14.6 Å². The zero-order valence-electron chi connectivity index (χ0n) is 16.2. The topological polar surface area (TPSA) is 52.8 Å². The molecule has 0 unspecified atom stereocenters. The van der Waals surface area contributed by atoms with Gasteiger partial charge in [0.25, 0.3) is 0 Å². The lowest BCUT2D eigenvalue weighted by Gasteiger charge is -2.34. The van der Waals surface area contributed by atoms with Gasteiger partial charge in [-0.05, 0) is 30.2 Å². The van der Waals surface area contributed by atoms with Crippen LogP contribution in [-0.4, -0.2) is 60.1 Å². The minimum Gasteiger partial charge on any atom is -0.356 e. The Hall–Kier alpha value is -2.77. The van der Waals surface area contributed by atoms with Crippen LogP contribution in [0.2, 0.25) is 0 Å². The highest BCUT2D eigenvalue weighted by molar-refractivity contribution is 5.96. The van der Waals surface area contributed by atoms with Gasteiger partial charge >= 0.3 is 0 Å². The molecule has 2 aliphatic heterocycles. The fraction of sp³-hybridized carbons (Fsp3) is 0.364. The second kappa shape index (κ2) is 7.57. The van der Waals surface area contributed by atoms with Crippen LogP contribution in [0, 0.1) is 5.82 Å². The number of nitrogens with zero attached hydrogens (tertiary/aromatic N) is 4. The van der Waals surface area contributed by atoms with E-state index in [1.807, 2.05) is 23.1 Å². The number of carbonyl (C=O) groups is 1. The molecular formula is C22H23FN4O2. The van der Waals surface area contributed by atoms with Crippen LogP contribution >= 0.6 is 0 Å². The normalized spacial score (nSPS) is 17.8. The van der Waals surface area contributed by atoms with Gasteiger partial charge in [0.2, 0.25) is 5.91 Å². The summed E-state index contributed by atoms with van der Waals surface area (Å²) in [5.41, 5.74) is 3.63. The summed E-state index contributed by atoms with van der Waals surface area (Å²) < 4.78 is 18.6. The number of carbonyl (C=O) groups excluding carboxylic acids is 1. The Kier molecular flexibility index (Phi) is 4.77. The predicted molar refractivity (Wildman–Crippen MR) is 108 cm³/mol. The first-order valence-corrected chi connectivity index (χ1v) is 10.0. The second-order valence-electron chi connectivity index (χ2n) is 7.75. The molecule has 0 atom stereocenters. The molecule has 0 saturated carbocycles. The molecule has 7 heteroatoms. The lowest BCUT2D eigenvalue weighted by atomic mass is 10.2. The van der Waals surface area contributed by atoms with Gasteiger partial charge in [-0.1, -0.05) is 23.4 Å². The highest BCUT2D eigenvalue weighted by atomic mass is 19.1. The summed E-state index contributed by atoms with van der Waals surface area (Å²) in [6.45, 7) is 5.29. The van der Waals surface area contributed by atoms with E-state index in [0.717, 1.165) is 55.9 Å². The van der Waals surface area contributed by atoms with E-state index in [0.29, 0.717) is 18.7 Å². The molecule has 0 bridgehead atoms. The van der Waals surface area contributed by atoms with Crippen LogP contribution in [0.25, 0.3) is 11.0 Å². The Bertz CT molecular complexity index is 1040. The van der Waals surface area contributed by atoms with Crippen LogP contribution < -0.4 is 4.90 Å². The summed E-state index contributed by atoms with van der Waals surface area (Å²) in [7, 11) is 0. The first-order chi connectivity index (χ1) is 14.2. The molecule has 29 heavy (non-hydrogen) atoms. The van der Waals surface area contributed by atoms with E-state index in [9.17, 15) is 9.18 Å². The summed E-state index contributed by atoms with van der Waals surface area (Å²) >= 11 is 0. The number of rotatable bonds is 4. The number of amides is 1. The smallest absolute Gasteiger partial charge is 0.241 e. The Balaban J connectivity index is 1.16. The van der Waals surface area contributed by atoms with E-state index in [1.54, 1.807) is 6.07 Å². The summed E-state index contributed by atoms with van der Waals surface area (Å²) in [4.78, 5) is 19.2. The van der Waals surface area contributed by atoms with Gasteiger partial charge in [-0.2, -0.15) is 0 Å². The quantitative estimate of drug-likeness (QED) is 0.681. The fourth-order valence-electron chi connectivity index (χ4n) is 4.27. The van der Waals surface area contributed by atoms with Crippen LogP contribution in [0.4, 0.5) is 10.1 Å². The Morgan fingerprint density at radius 1 is 1.03 bits per heavy atom. The van der Waals surface area contributed by atoms with Crippen LogP contribution in [0.5, 0.6) is 0 Å². The number of hydrogen-bond donors (Lipinski definition) is 0. The Morgan fingerprint density at radius 3 is 2.69 bits per heavy atom. The van der Waals surface area contributed by atoms with Crippen molar-refractivity contribution in [3.8, 4) is 0 Å². The monoisotopic (exact) mass is 394 g/mol. The third kappa shape index (κ3) is 3.63. The molecule has 0 aliphatic carbocycles. The average molecular weight is 394 g/mol. The zero-order chi connectivity index (χ0) is 19.8. The van der Waals surface area contributed by atoms with Gasteiger partial charge in [0.1, 0.15) is 11.5 Å². The van der Waals surface area contributed by atoms with Crippen LogP contribution in [0.1, 0.15) is 11.3 Å². The maximum Gasteiger partial charge on any atom is 0.241 e. The van der Waals surface area contributed by atoms with Crippen molar-refractivity contribution in [3.05, 3.63) is 59.5 Å². The van der Waals surface area contributed by atoms with Gasteiger partial charge in [0.15, 0.2) is 5.58 Å². The molecule has 0 radical (unpaired) electrons. The molecule has 1 aromatic heterocycles. The van der Waals surface area contributed by atoms with Crippen molar-refractivity contribution in [2.75, 3.05) is 44.2 Å². The molecule has 3 heterocycles. The molecule has 1 amide bonds. The van der Waals surface area contributed by atoms with Crippen molar-refractivity contribution in [1.82, 2.24) is 15.0 Å². The zero-order valence-corrected chi connectivity index (χ0v) is 16.2. The van der Waals surface area contributed by atoms with E-state index >= 15 is 0 Å². The minimum atomic E-state index is -0.320. The van der Waals surface area contributed by atoms with Crippen molar-refractivity contribution < 1.29 is 13.7 Å². The first-order valence-electron chi connectivity index (χ1n) is 10.0. The van der Waals surface area contributed by atoms with Gasteiger partial charge in [-0.15, -0.1) is 0 Å². The van der Waals surface area contributed by atoms with Gasteiger partial charge < -0.3 is 9.42 Å². The van der Waals surface area contributed by atoms with E-state index in [-0.39, 0.29) is 11.7 Å². The third-order valence-corrected chi connectivity index (χ3v) is 5.89. The maximum absolute atomic E-state index is 13.3. The van der Waals surface area contributed by atoms with E-state index in [2.05, 4.69) is 21.0 Å². The van der Waals surface area contributed by atoms with Gasteiger partial charge in [0, 0.05) is 56.4 Å². The number of para-hydroxylation sites is 1. The lowest BCUT2D eigenvalue weighted by molar-refractivity contribution is -0.120. The van der Waals surface area contributed by atoms with E-state index < -0.39 is 0 Å². The second-order valence-corrected chi connectivity index (χ2v) is 7.75. The van der Waals surface area contributed by atoms with Crippen molar-refractivity contribution in [1.29, 1.82) is 0 Å². The number of aromatic nitrogens is 1. The van der Waals surface area contributed by atoms with Crippen molar-refractivity contribution in [2.24, 2.45) is 0 Å². The van der Waals surface area contributed by atoms with Crippen LogP contribution in [-0.2, 0) is 17.8 Å². The standard InChI is InChI=1S/C22H23FN4O2/c23-17-5-6-18-19(24-29-21(18)13-17)14-25-9-11-26(12-10-25)15-22(28)27-8-7-16-3-1-2-4-20(16)27/h1-6,13H,7-12,14-15H2. The number of halogens is 1. The molecule has 2 aliphatic rings. The largest absolute Gasteiger partial charge is 0.356 e. The van der Waals surface area contributed by atoms with Crippen molar-refractivity contribution in [3.63, 3.8) is 0 Å². The van der Waals surface area contributed by atoms with Crippen LogP contribution in [0.3, 0.4) is 0 Å². The minimum absolute atomic E-state index is 0.174. The molecule has 150 valence electrons. The summed E-state index contributed by atoms with van der Waals surface area (Å²) in [5, 5.41) is 4.97. The molecule has 0 N–H and O–H groups in total. The van der Waals surface area contributed by atoms with E-state index in [1.165, 1.54) is 17.7 Å². The molecule has 1 fully saturated rings. The maximum atomic E-state index is 13.3. The van der Waals surface area contributed by atoms with E-state index in [4.69, 9.17) is 4.52 Å². The SMILES string of the molecule is O=C(CN1CCN(Cc2noc3cc(F)ccc23)CC1)N1CCc2ccccc21. The summed E-state index contributed by atoms with van der Waals surface area (Å²) in [6.07, 6.45) is 0.936. The summed E-state index contributed by atoms with van der Waals surface area (Å²) in [6, 6.07) is 12.7. The number of anilines is 1. The van der Waals surface area contributed by atoms with Crippen molar-refractivity contribution in [2.45, 2.75) is 13.0 Å². The van der Waals surface area contributed by atoms with Gasteiger partial charge in [-0.25, -0.2) is 4.39 Å². The number of benzene rings is 2. The average Bonchev–Trinajstić information content (AvgIpc) is 3.33. The molecule has 2 aromatic carbocycles. The summed E-state index contributed by atoms with van der Waals surface area (Å²) in [5.74, 6) is -0.146. The Morgan fingerprint density at radius 2 is 1.83 bits per heavy atom. The number of fused-ring (bicyclic) bond motifs is 2. The first kappa shape index (κ1) is 18.3. The van der Waals surface area contributed by atoms with Crippen LogP contribution in [0.15, 0.2) is 47.0 Å². The predicted octanol–water partition coefficient (Wildman–Crippen LogP) is 2.67. The molecular weight excluding hydrogens is 371 g/mol. The Labute approximate surface area is 168 Å². The molecule has 3 aromatic rings. The van der Waals surface area contributed by atoms with Crippen molar-refractivity contribution >= 4 is 22.6 Å². The highest BCUT2D eigenvalue weighted by Gasteiger charge is 2.27. The van der Waals surface area contributed by atoms with Gasteiger partial charge in [0.05, 0.1) is 6.54 Å². The highest BCUT2D eigenvalue weighted by Crippen LogP contribution is 2.27. The molecule has 0 spiro atoms. The fourth-order valence-corrected chi connectivity index (χ4v) is 4.27. The lowest BCUT2D eigenvalue weighted by Crippen LogP contribution is -2.49. The third-order valence-electron chi connectivity index (χ3n) is 5.89. The number of piperazine rings is 1.